The van der Waals surface area contributed by atoms with Gasteiger partial charge in [-0.1, -0.05) is 0 Å². The zero-order valence-corrected chi connectivity index (χ0v) is 10.8. The molecule has 0 aliphatic heterocycles. The zero-order valence-electron chi connectivity index (χ0n) is 10.00. The van der Waals surface area contributed by atoms with Crippen molar-refractivity contribution in [1.29, 1.82) is 0 Å². The van der Waals surface area contributed by atoms with E-state index < -0.39 is 10.0 Å². The Morgan fingerprint density at radius 3 is 2.53 bits per heavy atom. The van der Waals surface area contributed by atoms with Gasteiger partial charge < -0.3 is 4.74 Å². The molecule has 0 atom stereocenters. The highest BCUT2D eigenvalue weighted by atomic mass is 32.2. The van der Waals surface area contributed by atoms with Crippen molar-refractivity contribution in [2.24, 2.45) is 5.14 Å². The van der Waals surface area contributed by atoms with Crippen LogP contribution in [0.4, 0.5) is 4.39 Å². The highest BCUT2D eigenvalue weighted by Gasteiger charge is 2.09. The molecule has 1 aromatic heterocycles. The number of primary sulfonamides is 1. The molecule has 7 heteroatoms. The number of hydrogen-bond acceptors (Lipinski definition) is 4. The van der Waals surface area contributed by atoms with E-state index in [2.05, 4.69) is 4.98 Å². The third-order valence-corrected chi connectivity index (χ3v) is 3.29. The van der Waals surface area contributed by atoms with Crippen molar-refractivity contribution < 1.29 is 17.5 Å². The van der Waals surface area contributed by atoms with Crippen LogP contribution in [0.3, 0.4) is 0 Å². The Bertz CT molecular complexity index is 699. The second kappa shape index (κ2) is 4.94. The van der Waals surface area contributed by atoms with E-state index in [1.165, 1.54) is 30.3 Å². The number of sulfonamides is 1. The summed E-state index contributed by atoms with van der Waals surface area (Å²) in [5.74, 6) is 0.279. The summed E-state index contributed by atoms with van der Waals surface area (Å²) < 4.78 is 40.4. The largest absolute Gasteiger partial charge is 0.439 e. The van der Waals surface area contributed by atoms with Crippen molar-refractivity contribution in [2.45, 2.75) is 11.8 Å². The van der Waals surface area contributed by atoms with E-state index in [4.69, 9.17) is 9.88 Å². The first kappa shape index (κ1) is 13.4. The summed E-state index contributed by atoms with van der Waals surface area (Å²) in [6, 6.07) is 6.73. The predicted octanol–water partition coefficient (Wildman–Crippen LogP) is 1.97. The van der Waals surface area contributed by atoms with E-state index in [1.54, 1.807) is 6.92 Å². The first-order valence-electron chi connectivity index (χ1n) is 5.29. The molecule has 0 bridgehead atoms. The number of nitrogens with zero attached hydrogens (tertiary/aromatic N) is 1. The van der Waals surface area contributed by atoms with Crippen LogP contribution in [0.15, 0.2) is 41.4 Å². The minimum absolute atomic E-state index is 0.101. The molecule has 0 radical (unpaired) electrons. The smallest absolute Gasteiger partial charge is 0.239 e. The van der Waals surface area contributed by atoms with Crippen molar-refractivity contribution in [3.05, 3.63) is 47.9 Å². The lowest BCUT2D eigenvalue weighted by molar-refractivity contribution is 0.456. The molecule has 0 fully saturated rings. The third kappa shape index (κ3) is 3.27. The van der Waals surface area contributed by atoms with Crippen LogP contribution in [0, 0.1) is 12.7 Å². The van der Waals surface area contributed by atoms with Gasteiger partial charge in [0.05, 0.1) is 6.20 Å². The average molecular weight is 282 g/mol. The maximum Gasteiger partial charge on any atom is 0.239 e. The van der Waals surface area contributed by atoms with Gasteiger partial charge in [-0.2, -0.15) is 0 Å². The van der Waals surface area contributed by atoms with Crippen LogP contribution in [-0.2, 0) is 10.0 Å². The molecule has 2 rings (SSSR count). The molecule has 1 aromatic carbocycles. The molecule has 0 aliphatic rings. The van der Waals surface area contributed by atoms with Gasteiger partial charge in [-0.15, -0.1) is 0 Å². The summed E-state index contributed by atoms with van der Waals surface area (Å²) >= 11 is 0. The van der Waals surface area contributed by atoms with Crippen molar-refractivity contribution in [3.63, 3.8) is 0 Å². The summed E-state index contributed by atoms with van der Waals surface area (Å²) in [5.41, 5.74) is 0.609. The number of nitrogens with two attached hydrogens (primary N) is 1. The minimum atomic E-state index is -3.77. The lowest BCUT2D eigenvalue weighted by Gasteiger charge is -2.07. The van der Waals surface area contributed by atoms with Gasteiger partial charge >= 0.3 is 0 Å². The molecular weight excluding hydrogens is 271 g/mol. The normalized spacial score (nSPS) is 11.3. The molecular formula is C12H11FN2O3S. The van der Waals surface area contributed by atoms with E-state index in [0.29, 0.717) is 11.3 Å². The van der Waals surface area contributed by atoms with Crippen LogP contribution >= 0.6 is 0 Å². The van der Waals surface area contributed by atoms with Gasteiger partial charge in [0.1, 0.15) is 16.5 Å². The highest BCUT2D eigenvalue weighted by molar-refractivity contribution is 7.89. The van der Waals surface area contributed by atoms with Crippen LogP contribution in [0.2, 0.25) is 0 Å². The van der Waals surface area contributed by atoms with Crippen LogP contribution in [0.5, 0.6) is 11.6 Å². The summed E-state index contributed by atoms with van der Waals surface area (Å²) in [5, 5.41) is 4.95. The summed E-state index contributed by atoms with van der Waals surface area (Å²) in [6.07, 6.45) is 1.10. The molecule has 19 heavy (non-hydrogen) atoms. The molecule has 5 nitrogen and oxygen atoms in total. The van der Waals surface area contributed by atoms with Gasteiger partial charge in [0.25, 0.3) is 0 Å². The second-order valence-electron chi connectivity index (χ2n) is 3.89. The lowest BCUT2D eigenvalue weighted by atomic mass is 10.2. The van der Waals surface area contributed by atoms with Gasteiger partial charge in [0, 0.05) is 6.07 Å². The number of rotatable bonds is 3. The highest BCUT2D eigenvalue weighted by Crippen LogP contribution is 2.24. The Hall–Kier alpha value is -1.99. The average Bonchev–Trinajstić information content (AvgIpc) is 2.32. The Morgan fingerprint density at radius 1 is 1.26 bits per heavy atom. The topological polar surface area (TPSA) is 82.3 Å². The minimum Gasteiger partial charge on any atom is -0.439 e. The maximum absolute atomic E-state index is 12.9. The van der Waals surface area contributed by atoms with Gasteiger partial charge in [0.2, 0.25) is 15.9 Å². The number of ether oxygens (including phenoxy) is 1. The summed E-state index contributed by atoms with van der Waals surface area (Å²) in [6.45, 7) is 1.69. The van der Waals surface area contributed by atoms with Gasteiger partial charge in [-0.3, -0.25) is 0 Å². The molecule has 0 amide bonds. The number of hydrogen-bond donors (Lipinski definition) is 1. The lowest BCUT2D eigenvalue weighted by Crippen LogP contribution is -2.12. The first-order chi connectivity index (χ1) is 8.86. The molecule has 2 N–H and O–H groups in total. The fourth-order valence-corrected chi connectivity index (χ4v) is 1.89. The molecule has 0 spiro atoms. The third-order valence-electron chi connectivity index (χ3n) is 2.39. The van der Waals surface area contributed by atoms with Crippen molar-refractivity contribution in [1.82, 2.24) is 4.98 Å². The summed E-state index contributed by atoms with van der Waals surface area (Å²) in [7, 11) is -3.77. The number of halogens is 1. The fraction of sp³-hybridized carbons (Fsp3) is 0.0833. The van der Waals surface area contributed by atoms with Crippen LogP contribution in [-0.4, -0.2) is 13.4 Å². The Morgan fingerprint density at radius 2 is 2.00 bits per heavy atom. The quantitative estimate of drug-likeness (QED) is 0.933. The molecule has 100 valence electrons. The SMILES string of the molecule is Cc1cc(F)ccc1Oc1ccc(S(N)(=O)=O)cn1. The molecule has 0 saturated carbocycles. The predicted molar refractivity (Wildman–Crippen MR) is 66.8 cm³/mol. The Kier molecular flexibility index (Phi) is 3.50. The molecule has 0 saturated heterocycles. The van der Waals surface area contributed by atoms with Gasteiger partial charge in [-0.25, -0.2) is 22.9 Å². The number of pyridine rings is 1. The van der Waals surface area contributed by atoms with Crippen LogP contribution in [0.1, 0.15) is 5.56 Å². The van der Waals surface area contributed by atoms with Crippen molar-refractivity contribution in [2.75, 3.05) is 0 Å². The molecule has 2 aromatic rings. The maximum atomic E-state index is 12.9. The van der Waals surface area contributed by atoms with E-state index in [-0.39, 0.29) is 16.6 Å². The number of aromatic nitrogens is 1. The standard InChI is InChI=1S/C12H11FN2O3S/c1-8-6-9(13)2-4-11(8)18-12-5-3-10(7-15-12)19(14,16)17/h2-7H,1H3,(H2,14,16,17). The number of benzene rings is 1. The van der Waals surface area contributed by atoms with Crippen molar-refractivity contribution >= 4 is 10.0 Å². The Balaban J connectivity index is 2.25. The van der Waals surface area contributed by atoms with Gasteiger partial charge in [-0.05, 0) is 36.8 Å². The van der Waals surface area contributed by atoms with Crippen molar-refractivity contribution in [3.8, 4) is 11.6 Å². The molecule has 0 unspecified atom stereocenters. The van der Waals surface area contributed by atoms with E-state index >= 15 is 0 Å². The van der Waals surface area contributed by atoms with Crippen LogP contribution < -0.4 is 9.88 Å². The fourth-order valence-electron chi connectivity index (χ4n) is 1.44. The van der Waals surface area contributed by atoms with E-state index in [0.717, 1.165) is 6.20 Å². The monoisotopic (exact) mass is 282 g/mol. The van der Waals surface area contributed by atoms with Gasteiger partial charge in [0.15, 0.2) is 0 Å². The van der Waals surface area contributed by atoms with E-state index in [9.17, 15) is 12.8 Å². The molecule has 0 aliphatic carbocycles. The summed E-state index contributed by atoms with van der Waals surface area (Å²) in [4.78, 5) is 3.73. The first-order valence-corrected chi connectivity index (χ1v) is 6.84. The Labute approximate surface area is 109 Å². The number of aryl methyl sites for hydroxylation is 1. The van der Waals surface area contributed by atoms with E-state index in [1.807, 2.05) is 0 Å². The zero-order chi connectivity index (χ0) is 14.0. The second-order valence-corrected chi connectivity index (χ2v) is 5.45. The molecule has 1 heterocycles. The van der Waals surface area contributed by atoms with Crippen LogP contribution in [0.25, 0.3) is 0 Å².